The number of anilines is 2. The van der Waals surface area contributed by atoms with E-state index < -0.39 is 0 Å². The molecule has 22 heavy (non-hydrogen) atoms. The molecule has 0 amide bonds. The largest absolute Gasteiger partial charge is 0.384 e. The minimum Gasteiger partial charge on any atom is -0.384 e. The fourth-order valence-corrected chi connectivity index (χ4v) is 3.61. The average Bonchev–Trinajstić information content (AvgIpc) is 2.48. The second kappa shape index (κ2) is 5.68. The van der Waals surface area contributed by atoms with Gasteiger partial charge in [-0.1, -0.05) is 42.3 Å². The molecule has 1 heterocycles. The highest BCUT2D eigenvalue weighted by Crippen LogP contribution is 2.40. The van der Waals surface area contributed by atoms with E-state index in [2.05, 4.69) is 55.5 Å². The summed E-state index contributed by atoms with van der Waals surface area (Å²) in [5, 5.41) is 4.91. The molecular weight excluding hydrogens is 315 g/mol. The third-order valence-electron chi connectivity index (χ3n) is 4.48. The van der Waals surface area contributed by atoms with Crippen LogP contribution in [-0.4, -0.2) is 20.6 Å². The fraction of sp³-hybridized carbons (Fsp3) is 0.333. The summed E-state index contributed by atoms with van der Waals surface area (Å²) < 4.78 is 0. The highest BCUT2D eigenvalue weighted by Gasteiger charge is 2.33. The lowest BCUT2D eigenvalue weighted by atomic mass is 9.75. The molecular formula is C18H20Cl2N2. The van der Waals surface area contributed by atoms with Crippen molar-refractivity contribution in [1.29, 1.82) is 0 Å². The Morgan fingerprint density at radius 3 is 2.41 bits per heavy atom. The Kier molecular flexibility index (Phi) is 4.00. The molecule has 0 aromatic heterocycles. The van der Waals surface area contributed by atoms with Crippen LogP contribution in [0.2, 0.25) is 10.0 Å². The van der Waals surface area contributed by atoms with Gasteiger partial charge in [0, 0.05) is 47.5 Å². The van der Waals surface area contributed by atoms with Crippen LogP contribution in [0.5, 0.6) is 0 Å². The van der Waals surface area contributed by atoms with E-state index in [1.54, 1.807) is 0 Å². The fourth-order valence-electron chi connectivity index (χ4n) is 3.05. The molecule has 2 aromatic rings. The van der Waals surface area contributed by atoms with Crippen LogP contribution in [0.1, 0.15) is 18.1 Å². The molecule has 0 saturated carbocycles. The van der Waals surface area contributed by atoms with Crippen molar-refractivity contribution < 1.29 is 0 Å². The highest BCUT2D eigenvalue weighted by molar-refractivity contribution is 6.35. The zero-order valence-corrected chi connectivity index (χ0v) is 14.6. The first-order chi connectivity index (χ1) is 10.4. The maximum atomic E-state index is 6.40. The molecule has 0 spiro atoms. The van der Waals surface area contributed by atoms with Crippen molar-refractivity contribution >= 4 is 34.6 Å². The minimum atomic E-state index is 0.0231. The second-order valence-corrected chi connectivity index (χ2v) is 7.29. The molecule has 1 atom stereocenters. The van der Waals surface area contributed by atoms with E-state index in [1.807, 2.05) is 12.1 Å². The maximum absolute atomic E-state index is 6.40. The molecule has 3 rings (SSSR count). The van der Waals surface area contributed by atoms with Crippen molar-refractivity contribution in [2.45, 2.75) is 18.8 Å². The molecule has 0 radical (unpaired) electrons. The van der Waals surface area contributed by atoms with Crippen LogP contribution < -0.4 is 10.2 Å². The van der Waals surface area contributed by atoms with Gasteiger partial charge in [0.05, 0.1) is 0 Å². The molecule has 1 aliphatic heterocycles. The van der Waals surface area contributed by atoms with Gasteiger partial charge in [0.25, 0.3) is 0 Å². The Balaban J connectivity index is 1.94. The Hall–Kier alpha value is -1.38. The van der Waals surface area contributed by atoms with Crippen LogP contribution in [0.15, 0.2) is 36.4 Å². The van der Waals surface area contributed by atoms with Crippen molar-refractivity contribution in [2.24, 2.45) is 0 Å². The second-order valence-electron chi connectivity index (χ2n) is 6.45. The minimum absolute atomic E-state index is 0.0231. The van der Waals surface area contributed by atoms with Crippen LogP contribution in [0.25, 0.3) is 0 Å². The average molecular weight is 335 g/mol. The number of nitrogens with one attached hydrogen (secondary N) is 1. The molecule has 2 nitrogen and oxygen atoms in total. The molecule has 116 valence electrons. The van der Waals surface area contributed by atoms with Crippen molar-refractivity contribution in [3.63, 3.8) is 0 Å². The van der Waals surface area contributed by atoms with E-state index in [0.717, 1.165) is 29.2 Å². The molecule has 1 N–H and O–H groups in total. The lowest BCUT2D eigenvalue weighted by Gasteiger charge is -2.37. The summed E-state index contributed by atoms with van der Waals surface area (Å²) in [6.45, 7) is 3.15. The standard InChI is InChI=1S/C18H20Cl2N2/c1-18(12-4-6-14(7-5-12)22(2)3)10-15-16(20)8-13(19)9-17(15)21-11-18/h4-9,21H,10-11H2,1-3H3. The normalized spacial score (nSPS) is 20.2. The summed E-state index contributed by atoms with van der Waals surface area (Å²) in [7, 11) is 4.11. The monoisotopic (exact) mass is 334 g/mol. The lowest BCUT2D eigenvalue weighted by molar-refractivity contribution is 0.483. The predicted octanol–water partition coefficient (Wildman–Crippen LogP) is 4.99. The third-order valence-corrected chi connectivity index (χ3v) is 5.03. The summed E-state index contributed by atoms with van der Waals surface area (Å²) in [6, 6.07) is 12.5. The molecule has 0 aliphatic carbocycles. The molecule has 2 aromatic carbocycles. The van der Waals surface area contributed by atoms with Gasteiger partial charge in [-0.3, -0.25) is 0 Å². The summed E-state index contributed by atoms with van der Waals surface area (Å²) in [4.78, 5) is 2.11. The first-order valence-electron chi connectivity index (χ1n) is 7.39. The number of hydrogen-bond donors (Lipinski definition) is 1. The number of hydrogen-bond acceptors (Lipinski definition) is 2. The molecule has 1 unspecified atom stereocenters. The van der Waals surface area contributed by atoms with E-state index >= 15 is 0 Å². The first-order valence-corrected chi connectivity index (χ1v) is 8.14. The summed E-state index contributed by atoms with van der Waals surface area (Å²) >= 11 is 12.5. The summed E-state index contributed by atoms with van der Waals surface area (Å²) in [5.41, 5.74) is 4.76. The Morgan fingerprint density at radius 1 is 1.09 bits per heavy atom. The Labute approximate surface area is 142 Å². The van der Waals surface area contributed by atoms with Crippen LogP contribution in [0.3, 0.4) is 0 Å². The van der Waals surface area contributed by atoms with Gasteiger partial charge in [-0.2, -0.15) is 0 Å². The number of halogens is 2. The van der Waals surface area contributed by atoms with Gasteiger partial charge in [-0.15, -0.1) is 0 Å². The van der Waals surface area contributed by atoms with Gasteiger partial charge in [0.15, 0.2) is 0 Å². The Morgan fingerprint density at radius 2 is 1.77 bits per heavy atom. The number of nitrogens with zero attached hydrogens (tertiary/aromatic N) is 1. The van der Waals surface area contributed by atoms with Crippen LogP contribution in [0, 0.1) is 0 Å². The quantitative estimate of drug-likeness (QED) is 0.832. The molecule has 0 bridgehead atoms. The summed E-state index contributed by atoms with van der Waals surface area (Å²) in [6.07, 6.45) is 0.909. The van der Waals surface area contributed by atoms with Crippen molar-refractivity contribution in [1.82, 2.24) is 0 Å². The van der Waals surface area contributed by atoms with Gasteiger partial charge in [0.2, 0.25) is 0 Å². The maximum Gasteiger partial charge on any atom is 0.0473 e. The zero-order chi connectivity index (χ0) is 15.9. The van der Waals surface area contributed by atoms with Gasteiger partial charge in [0.1, 0.15) is 0 Å². The van der Waals surface area contributed by atoms with Crippen LogP contribution in [0.4, 0.5) is 11.4 Å². The molecule has 1 aliphatic rings. The third kappa shape index (κ3) is 2.78. The molecule has 4 heteroatoms. The number of fused-ring (bicyclic) bond motifs is 1. The van der Waals surface area contributed by atoms with E-state index in [9.17, 15) is 0 Å². The zero-order valence-electron chi connectivity index (χ0n) is 13.1. The van der Waals surface area contributed by atoms with Gasteiger partial charge in [-0.05, 0) is 41.8 Å². The van der Waals surface area contributed by atoms with E-state index in [-0.39, 0.29) is 5.41 Å². The van der Waals surface area contributed by atoms with Gasteiger partial charge < -0.3 is 10.2 Å². The predicted molar refractivity (Wildman–Crippen MR) is 96.8 cm³/mol. The van der Waals surface area contributed by atoms with Gasteiger partial charge >= 0.3 is 0 Å². The van der Waals surface area contributed by atoms with Crippen LogP contribution in [-0.2, 0) is 11.8 Å². The Bertz CT molecular complexity index is 695. The highest BCUT2D eigenvalue weighted by atomic mass is 35.5. The van der Waals surface area contributed by atoms with Crippen molar-refractivity contribution in [2.75, 3.05) is 30.9 Å². The molecule has 0 saturated heterocycles. The van der Waals surface area contributed by atoms with E-state index in [4.69, 9.17) is 23.2 Å². The summed E-state index contributed by atoms with van der Waals surface area (Å²) in [5.74, 6) is 0. The van der Waals surface area contributed by atoms with E-state index in [0.29, 0.717) is 5.02 Å². The SMILES string of the molecule is CN(C)c1ccc(C2(C)CNc3cc(Cl)cc(Cl)c3C2)cc1. The van der Waals surface area contributed by atoms with Crippen molar-refractivity contribution in [3.8, 4) is 0 Å². The number of benzene rings is 2. The first kappa shape index (κ1) is 15.5. The van der Waals surface area contributed by atoms with Crippen LogP contribution >= 0.6 is 23.2 Å². The number of rotatable bonds is 2. The lowest BCUT2D eigenvalue weighted by Crippen LogP contribution is -2.37. The topological polar surface area (TPSA) is 15.3 Å². The van der Waals surface area contributed by atoms with Crippen molar-refractivity contribution in [3.05, 3.63) is 57.6 Å². The molecule has 0 fully saturated rings. The van der Waals surface area contributed by atoms with Gasteiger partial charge in [-0.25, -0.2) is 0 Å². The smallest absolute Gasteiger partial charge is 0.0473 e. The van der Waals surface area contributed by atoms with E-state index in [1.165, 1.54) is 11.3 Å².